The third-order valence-electron chi connectivity index (χ3n) is 4.89. The van der Waals surface area contributed by atoms with E-state index in [-0.39, 0.29) is 0 Å². The Morgan fingerprint density at radius 3 is 1.64 bits per heavy atom. The zero-order valence-corrected chi connectivity index (χ0v) is 17.5. The Morgan fingerprint density at radius 2 is 1.07 bits per heavy atom. The average Bonchev–Trinajstić information content (AvgIpc) is 2.74. The van der Waals surface area contributed by atoms with E-state index in [4.69, 9.17) is 4.74 Å². The van der Waals surface area contributed by atoms with Crippen LogP contribution in [0.15, 0.2) is 64.8 Å². The molecule has 0 radical (unpaired) electrons. The van der Waals surface area contributed by atoms with Crippen LogP contribution in [0.3, 0.4) is 0 Å². The van der Waals surface area contributed by atoms with Crippen molar-refractivity contribution >= 4 is 11.4 Å². The molecule has 0 aliphatic rings. The fourth-order valence-corrected chi connectivity index (χ4v) is 3.18. The minimum Gasteiger partial charge on any atom is -0.494 e. The van der Waals surface area contributed by atoms with E-state index in [0.717, 1.165) is 30.2 Å². The van der Waals surface area contributed by atoms with Gasteiger partial charge in [-0.1, -0.05) is 89.3 Å². The number of azo groups is 1. The van der Waals surface area contributed by atoms with E-state index in [1.54, 1.807) is 0 Å². The molecule has 2 aromatic carbocycles. The first-order valence-electron chi connectivity index (χ1n) is 11.1. The van der Waals surface area contributed by atoms with E-state index in [0.29, 0.717) is 0 Å². The monoisotopic (exact) mass is 380 g/mol. The largest absolute Gasteiger partial charge is 0.494 e. The van der Waals surface area contributed by atoms with Crippen molar-refractivity contribution in [3.63, 3.8) is 0 Å². The highest BCUT2D eigenvalue weighted by Gasteiger charge is 1.97. The molecule has 0 saturated carbocycles. The van der Waals surface area contributed by atoms with Crippen LogP contribution in [0, 0.1) is 0 Å². The van der Waals surface area contributed by atoms with Crippen LogP contribution in [-0.2, 0) is 0 Å². The molecule has 0 unspecified atom stereocenters. The molecule has 0 aliphatic heterocycles. The number of hydrogen-bond acceptors (Lipinski definition) is 3. The number of nitrogens with zero attached hydrogens (tertiary/aromatic N) is 2. The van der Waals surface area contributed by atoms with E-state index in [2.05, 4.69) is 17.2 Å². The van der Waals surface area contributed by atoms with Crippen molar-refractivity contribution in [1.29, 1.82) is 0 Å². The van der Waals surface area contributed by atoms with E-state index in [9.17, 15) is 0 Å². The highest BCUT2D eigenvalue weighted by atomic mass is 16.5. The highest BCUT2D eigenvalue weighted by Crippen LogP contribution is 2.21. The molecule has 0 aromatic heterocycles. The lowest BCUT2D eigenvalue weighted by molar-refractivity contribution is 0.304. The standard InChI is InChI=1S/C25H36N2O/c1-2-3-4-5-6-7-8-9-10-11-15-22-28-25-20-18-24(19-21-25)27-26-23-16-13-12-14-17-23/h12-14,16-21H,2-11,15,22H2,1H3. The Labute approximate surface area is 171 Å². The summed E-state index contributed by atoms with van der Waals surface area (Å²) in [6.45, 7) is 3.07. The molecule has 2 aromatic rings. The first-order valence-corrected chi connectivity index (χ1v) is 11.1. The molecule has 0 spiro atoms. The van der Waals surface area contributed by atoms with Crippen LogP contribution in [0.25, 0.3) is 0 Å². The van der Waals surface area contributed by atoms with Crippen molar-refractivity contribution in [3.8, 4) is 5.75 Å². The minimum absolute atomic E-state index is 0.794. The molecule has 0 fully saturated rings. The number of benzene rings is 2. The van der Waals surface area contributed by atoms with Gasteiger partial charge in [0.05, 0.1) is 18.0 Å². The number of ether oxygens (including phenoxy) is 1. The fraction of sp³-hybridized carbons (Fsp3) is 0.520. The molecule has 0 bridgehead atoms. The maximum Gasteiger partial charge on any atom is 0.119 e. The van der Waals surface area contributed by atoms with Gasteiger partial charge in [-0.2, -0.15) is 10.2 Å². The predicted molar refractivity (Wildman–Crippen MR) is 119 cm³/mol. The van der Waals surface area contributed by atoms with Gasteiger partial charge < -0.3 is 4.74 Å². The summed E-state index contributed by atoms with van der Waals surface area (Å²) in [5, 5.41) is 8.48. The molecule has 3 heteroatoms. The molecular weight excluding hydrogens is 344 g/mol. The van der Waals surface area contributed by atoms with E-state index >= 15 is 0 Å². The lowest BCUT2D eigenvalue weighted by Gasteiger charge is -2.06. The fourth-order valence-electron chi connectivity index (χ4n) is 3.18. The molecule has 0 amide bonds. The predicted octanol–water partition coefficient (Wildman–Crippen LogP) is 8.79. The van der Waals surface area contributed by atoms with Gasteiger partial charge in [-0.3, -0.25) is 0 Å². The second kappa shape index (κ2) is 14.8. The number of rotatable bonds is 15. The molecule has 3 nitrogen and oxygen atoms in total. The van der Waals surface area contributed by atoms with Crippen LogP contribution >= 0.6 is 0 Å². The van der Waals surface area contributed by atoms with Crippen molar-refractivity contribution < 1.29 is 4.74 Å². The Balaban J connectivity index is 1.49. The maximum absolute atomic E-state index is 5.83. The smallest absolute Gasteiger partial charge is 0.119 e. The summed E-state index contributed by atoms with van der Waals surface area (Å²) < 4.78 is 5.83. The van der Waals surface area contributed by atoms with E-state index in [1.165, 1.54) is 64.2 Å². The van der Waals surface area contributed by atoms with Gasteiger partial charge >= 0.3 is 0 Å². The third-order valence-corrected chi connectivity index (χ3v) is 4.89. The second-order valence-electron chi connectivity index (χ2n) is 7.41. The summed E-state index contributed by atoms with van der Waals surface area (Å²) in [5.41, 5.74) is 1.70. The first-order chi connectivity index (χ1) is 13.9. The van der Waals surface area contributed by atoms with Gasteiger partial charge in [0.25, 0.3) is 0 Å². The van der Waals surface area contributed by atoms with Crippen LogP contribution in [0.5, 0.6) is 5.75 Å². The molecule has 28 heavy (non-hydrogen) atoms. The van der Waals surface area contributed by atoms with Crippen molar-refractivity contribution in [2.24, 2.45) is 10.2 Å². The Morgan fingerprint density at radius 1 is 0.571 bits per heavy atom. The number of hydrogen-bond donors (Lipinski definition) is 0. The van der Waals surface area contributed by atoms with Crippen molar-refractivity contribution in [3.05, 3.63) is 54.6 Å². The zero-order valence-electron chi connectivity index (χ0n) is 17.5. The second-order valence-corrected chi connectivity index (χ2v) is 7.41. The quantitative estimate of drug-likeness (QED) is 0.224. The normalized spacial score (nSPS) is 11.2. The van der Waals surface area contributed by atoms with Gasteiger partial charge in [-0.05, 0) is 42.8 Å². The molecule has 2 rings (SSSR count). The van der Waals surface area contributed by atoms with Gasteiger partial charge in [0, 0.05) is 0 Å². The summed E-state index contributed by atoms with van der Waals surface area (Å²) >= 11 is 0. The summed E-state index contributed by atoms with van der Waals surface area (Å²) in [6.07, 6.45) is 14.9. The Hall–Kier alpha value is -2.16. The van der Waals surface area contributed by atoms with Crippen LogP contribution in [0.2, 0.25) is 0 Å². The van der Waals surface area contributed by atoms with Crippen LogP contribution in [0.1, 0.15) is 77.6 Å². The molecule has 0 aliphatic carbocycles. The third kappa shape index (κ3) is 10.2. The lowest BCUT2D eigenvalue weighted by atomic mass is 10.1. The van der Waals surface area contributed by atoms with Crippen LogP contribution < -0.4 is 4.74 Å². The van der Waals surface area contributed by atoms with Crippen LogP contribution in [0.4, 0.5) is 11.4 Å². The van der Waals surface area contributed by atoms with Crippen LogP contribution in [-0.4, -0.2) is 6.61 Å². The maximum atomic E-state index is 5.83. The Bertz CT molecular complexity index is 637. The van der Waals surface area contributed by atoms with Gasteiger partial charge in [0.1, 0.15) is 5.75 Å². The first kappa shape index (κ1) is 22.1. The number of unbranched alkanes of at least 4 members (excludes halogenated alkanes) is 10. The van der Waals surface area contributed by atoms with E-state index in [1.807, 2.05) is 54.6 Å². The van der Waals surface area contributed by atoms with Gasteiger partial charge in [-0.15, -0.1) is 0 Å². The average molecular weight is 381 g/mol. The van der Waals surface area contributed by atoms with Crippen molar-refractivity contribution in [1.82, 2.24) is 0 Å². The lowest BCUT2D eigenvalue weighted by Crippen LogP contribution is -1.96. The van der Waals surface area contributed by atoms with Gasteiger partial charge in [-0.25, -0.2) is 0 Å². The van der Waals surface area contributed by atoms with Gasteiger partial charge in [0.2, 0.25) is 0 Å². The molecular formula is C25H36N2O. The molecule has 0 atom stereocenters. The van der Waals surface area contributed by atoms with Crippen molar-refractivity contribution in [2.75, 3.05) is 6.61 Å². The summed E-state index contributed by atoms with van der Waals surface area (Å²) in [4.78, 5) is 0. The van der Waals surface area contributed by atoms with Gasteiger partial charge in [0.15, 0.2) is 0 Å². The topological polar surface area (TPSA) is 34.0 Å². The summed E-state index contributed by atoms with van der Waals surface area (Å²) in [7, 11) is 0. The summed E-state index contributed by atoms with van der Waals surface area (Å²) in [6, 6.07) is 17.6. The van der Waals surface area contributed by atoms with Crippen molar-refractivity contribution in [2.45, 2.75) is 77.6 Å². The highest BCUT2D eigenvalue weighted by molar-refractivity contribution is 5.42. The summed E-state index contributed by atoms with van der Waals surface area (Å²) in [5.74, 6) is 0.908. The Kier molecular flexibility index (Phi) is 11.7. The molecule has 0 saturated heterocycles. The molecule has 0 N–H and O–H groups in total. The molecule has 152 valence electrons. The SMILES string of the molecule is CCCCCCCCCCCCCOc1ccc(N=Nc2ccccc2)cc1. The molecule has 0 heterocycles. The zero-order chi connectivity index (χ0) is 19.7. The van der Waals surface area contributed by atoms with E-state index < -0.39 is 0 Å². The minimum atomic E-state index is 0.794.